The van der Waals surface area contributed by atoms with E-state index in [0.717, 1.165) is 16.6 Å². The topological polar surface area (TPSA) is 45.5 Å². The van der Waals surface area contributed by atoms with Crippen LogP contribution in [-0.4, -0.2) is 31.1 Å². The quantitative estimate of drug-likeness (QED) is 0.738. The van der Waals surface area contributed by atoms with Crippen molar-refractivity contribution in [2.45, 2.75) is 0 Å². The molecule has 108 valence electrons. The summed E-state index contributed by atoms with van der Waals surface area (Å²) < 4.78 is 17.9. The Morgan fingerprint density at radius 1 is 0.905 bits per heavy atom. The van der Waals surface area contributed by atoms with Crippen LogP contribution in [0.2, 0.25) is 0 Å². The Hall–Kier alpha value is -2.69. The maximum atomic E-state index is 5.37. The molecule has 1 aromatic heterocycles. The molecule has 0 amide bonds. The second-order valence-corrected chi connectivity index (χ2v) is 4.52. The Balaban J connectivity index is 2.17. The first-order valence-corrected chi connectivity index (χ1v) is 6.51. The number of methoxy groups -OCH3 is 3. The van der Waals surface area contributed by atoms with Crippen LogP contribution in [0, 0.1) is 0 Å². The van der Waals surface area contributed by atoms with Crippen molar-refractivity contribution in [3.63, 3.8) is 0 Å². The molecule has 2 aromatic carbocycles. The Kier molecular flexibility index (Phi) is 3.39. The van der Waals surface area contributed by atoms with Gasteiger partial charge in [-0.15, -0.1) is 0 Å². The molecule has 3 rings (SSSR count). The van der Waals surface area contributed by atoms with E-state index in [9.17, 15) is 0 Å². The van der Waals surface area contributed by atoms with Crippen molar-refractivity contribution in [1.82, 2.24) is 9.78 Å². The van der Waals surface area contributed by atoms with Gasteiger partial charge in [-0.1, -0.05) is 18.2 Å². The third-order valence-corrected chi connectivity index (χ3v) is 3.33. The SMILES string of the molecule is COc1cc(-n2cc3ccccc3n2)cc(OC)c1OC. The average molecular weight is 284 g/mol. The second kappa shape index (κ2) is 5.36. The molecular formula is C16H16N2O3. The molecule has 1 heterocycles. The van der Waals surface area contributed by atoms with Crippen molar-refractivity contribution in [2.24, 2.45) is 0 Å². The fourth-order valence-electron chi connectivity index (χ4n) is 2.30. The zero-order valence-corrected chi connectivity index (χ0v) is 12.2. The van der Waals surface area contributed by atoms with Gasteiger partial charge in [0.1, 0.15) is 0 Å². The number of hydrogen-bond donors (Lipinski definition) is 0. The van der Waals surface area contributed by atoms with Gasteiger partial charge in [0.15, 0.2) is 11.5 Å². The standard InChI is InChI=1S/C16H16N2O3/c1-19-14-8-12(9-15(20-2)16(14)21-3)18-10-11-6-4-5-7-13(11)17-18/h4-10H,1-3H3. The molecule has 0 saturated carbocycles. The van der Waals surface area contributed by atoms with Gasteiger partial charge in [-0.05, 0) is 6.07 Å². The van der Waals surface area contributed by atoms with E-state index in [1.165, 1.54) is 0 Å². The van der Waals surface area contributed by atoms with Crippen LogP contribution >= 0.6 is 0 Å². The van der Waals surface area contributed by atoms with E-state index in [0.29, 0.717) is 17.2 Å². The first-order valence-electron chi connectivity index (χ1n) is 6.51. The lowest BCUT2D eigenvalue weighted by Gasteiger charge is -2.13. The number of hydrogen-bond acceptors (Lipinski definition) is 4. The van der Waals surface area contributed by atoms with Crippen molar-refractivity contribution in [2.75, 3.05) is 21.3 Å². The van der Waals surface area contributed by atoms with Crippen LogP contribution in [0.3, 0.4) is 0 Å². The molecule has 0 unspecified atom stereocenters. The summed E-state index contributed by atoms with van der Waals surface area (Å²) in [5, 5.41) is 5.63. The number of benzene rings is 2. The minimum absolute atomic E-state index is 0.570. The molecule has 0 saturated heterocycles. The van der Waals surface area contributed by atoms with Gasteiger partial charge in [0.2, 0.25) is 5.75 Å². The van der Waals surface area contributed by atoms with Crippen LogP contribution in [0.25, 0.3) is 16.6 Å². The molecule has 5 heteroatoms. The summed E-state index contributed by atoms with van der Waals surface area (Å²) in [4.78, 5) is 0. The van der Waals surface area contributed by atoms with Crippen LogP contribution in [0.15, 0.2) is 42.6 Å². The van der Waals surface area contributed by atoms with Gasteiger partial charge < -0.3 is 14.2 Å². The molecule has 0 spiro atoms. The summed E-state index contributed by atoms with van der Waals surface area (Å²) in [5.74, 6) is 1.78. The highest BCUT2D eigenvalue weighted by molar-refractivity contribution is 5.78. The number of rotatable bonds is 4. The van der Waals surface area contributed by atoms with Crippen LogP contribution in [-0.2, 0) is 0 Å². The molecule has 0 fully saturated rings. The van der Waals surface area contributed by atoms with E-state index >= 15 is 0 Å². The number of nitrogens with zero attached hydrogens (tertiary/aromatic N) is 2. The van der Waals surface area contributed by atoms with E-state index in [1.54, 1.807) is 26.0 Å². The van der Waals surface area contributed by atoms with Crippen molar-refractivity contribution in [3.8, 4) is 22.9 Å². The van der Waals surface area contributed by atoms with Crippen molar-refractivity contribution in [1.29, 1.82) is 0 Å². The van der Waals surface area contributed by atoms with Gasteiger partial charge in [0.25, 0.3) is 0 Å². The summed E-state index contributed by atoms with van der Waals surface area (Å²) in [6, 6.07) is 11.7. The smallest absolute Gasteiger partial charge is 0.203 e. The fraction of sp³-hybridized carbons (Fsp3) is 0.188. The normalized spacial score (nSPS) is 10.6. The minimum atomic E-state index is 0.570. The average Bonchev–Trinajstić information content (AvgIpc) is 2.97. The molecule has 5 nitrogen and oxygen atoms in total. The number of fused-ring (bicyclic) bond motifs is 1. The zero-order valence-electron chi connectivity index (χ0n) is 12.2. The van der Waals surface area contributed by atoms with E-state index in [1.807, 2.05) is 42.6 Å². The molecule has 0 atom stereocenters. The first-order chi connectivity index (χ1) is 10.3. The minimum Gasteiger partial charge on any atom is -0.493 e. The summed E-state index contributed by atoms with van der Waals surface area (Å²) in [6.45, 7) is 0. The maximum Gasteiger partial charge on any atom is 0.203 e. The summed E-state index contributed by atoms with van der Waals surface area (Å²) >= 11 is 0. The highest BCUT2D eigenvalue weighted by atomic mass is 16.5. The number of ether oxygens (including phenoxy) is 3. The van der Waals surface area contributed by atoms with E-state index < -0.39 is 0 Å². The predicted molar refractivity (Wildman–Crippen MR) is 80.7 cm³/mol. The summed E-state index contributed by atoms with van der Waals surface area (Å²) in [6.07, 6.45) is 1.97. The third-order valence-electron chi connectivity index (χ3n) is 3.33. The molecule has 0 N–H and O–H groups in total. The third kappa shape index (κ3) is 2.27. The van der Waals surface area contributed by atoms with Crippen LogP contribution < -0.4 is 14.2 Å². The fourth-order valence-corrected chi connectivity index (χ4v) is 2.30. The van der Waals surface area contributed by atoms with E-state index in [4.69, 9.17) is 14.2 Å². The van der Waals surface area contributed by atoms with E-state index in [-0.39, 0.29) is 0 Å². The second-order valence-electron chi connectivity index (χ2n) is 4.52. The van der Waals surface area contributed by atoms with Crippen molar-refractivity contribution < 1.29 is 14.2 Å². The molecule has 0 aliphatic rings. The summed E-state index contributed by atoms with van der Waals surface area (Å²) in [5.41, 5.74) is 1.78. The molecule has 3 aromatic rings. The largest absolute Gasteiger partial charge is 0.493 e. The monoisotopic (exact) mass is 284 g/mol. The van der Waals surface area contributed by atoms with Crippen LogP contribution in [0.1, 0.15) is 0 Å². The molecule has 0 radical (unpaired) electrons. The van der Waals surface area contributed by atoms with Crippen LogP contribution in [0.4, 0.5) is 0 Å². The van der Waals surface area contributed by atoms with Gasteiger partial charge in [-0.2, -0.15) is 5.10 Å². The Bertz CT molecular complexity index is 722. The molecule has 0 aliphatic carbocycles. The molecule has 0 bridgehead atoms. The van der Waals surface area contributed by atoms with Gasteiger partial charge in [-0.3, -0.25) is 0 Å². The number of aromatic nitrogens is 2. The Morgan fingerprint density at radius 2 is 1.57 bits per heavy atom. The van der Waals surface area contributed by atoms with E-state index in [2.05, 4.69) is 5.10 Å². The lowest BCUT2D eigenvalue weighted by Crippen LogP contribution is -2.00. The molecule has 21 heavy (non-hydrogen) atoms. The van der Waals surface area contributed by atoms with Crippen molar-refractivity contribution >= 4 is 10.9 Å². The predicted octanol–water partition coefficient (Wildman–Crippen LogP) is 3.05. The lowest BCUT2D eigenvalue weighted by atomic mass is 10.2. The molecule has 0 aliphatic heterocycles. The van der Waals surface area contributed by atoms with Gasteiger partial charge >= 0.3 is 0 Å². The van der Waals surface area contributed by atoms with Crippen molar-refractivity contribution in [3.05, 3.63) is 42.6 Å². The Labute approximate surface area is 122 Å². The zero-order chi connectivity index (χ0) is 14.8. The molecular weight excluding hydrogens is 268 g/mol. The van der Waals surface area contributed by atoms with Crippen LogP contribution in [0.5, 0.6) is 17.2 Å². The highest BCUT2D eigenvalue weighted by Gasteiger charge is 2.14. The van der Waals surface area contributed by atoms with Gasteiger partial charge in [0.05, 0.1) is 32.5 Å². The highest BCUT2D eigenvalue weighted by Crippen LogP contribution is 2.39. The summed E-state index contributed by atoms with van der Waals surface area (Å²) in [7, 11) is 4.78. The van der Waals surface area contributed by atoms with Gasteiger partial charge in [0, 0.05) is 23.7 Å². The lowest BCUT2D eigenvalue weighted by molar-refractivity contribution is 0.324. The van der Waals surface area contributed by atoms with Gasteiger partial charge in [-0.25, -0.2) is 4.68 Å². The maximum absolute atomic E-state index is 5.37. The first kappa shape index (κ1) is 13.3. The Morgan fingerprint density at radius 3 is 2.14 bits per heavy atom.